The van der Waals surface area contributed by atoms with Gasteiger partial charge in [0.1, 0.15) is 6.29 Å². The molecule has 0 spiro atoms. The second-order valence-corrected chi connectivity index (χ2v) is 7.92. The summed E-state index contributed by atoms with van der Waals surface area (Å²) in [7, 11) is 0. The Kier molecular flexibility index (Phi) is 6.80. The molecule has 0 unspecified atom stereocenters. The minimum atomic E-state index is -0.225. The van der Waals surface area contributed by atoms with E-state index in [-0.39, 0.29) is 5.91 Å². The van der Waals surface area contributed by atoms with Crippen molar-refractivity contribution in [3.63, 3.8) is 0 Å². The van der Waals surface area contributed by atoms with E-state index in [4.69, 9.17) is 9.72 Å². The van der Waals surface area contributed by atoms with E-state index in [9.17, 15) is 9.59 Å². The molecule has 4 rings (SSSR count). The van der Waals surface area contributed by atoms with Crippen molar-refractivity contribution in [2.24, 2.45) is 0 Å². The molecule has 168 valence electrons. The van der Waals surface area contributed by atoms with Crippen LogP contribution in [0.2, 0.25) is 0 Å². The van der Waals surface area contributed by atoms with Crippen LogP contribution in [0, 0.1) is 0 Å². The lowest BCUT2D eigenvalue weighted by Crippen LogP contribution is -2.30. The van der Waals surface area contributed by atoms with Crippen LogP contribution in [0.5, 0.6) is 0 Å². The smallest absolute Gasteiger partial charge is 0.251 e. The normalized spacial score (nSPS) is 14.4. The van der Waals surface area contributed by atoms with Crippen LogP contribution in [0.4, 0.5) is 5.69 Å². The Hall–Kier alpha value is -3.26. The zero-order chi connectivity index (χ0) is 22.5. The first kappa shape index (κ1) is 22.0. The number of ether oxygens (including phenoxy) is 1. The van der Waals surface area contributed by atoms with E-state index >= 15 is 0 Å². The maximum absolute atomic E-state index is 12.8. The molecule has 2 aromatic heterocycles. The number of carbonyl (C=O) groups is 2. The molecule has 1 aromatic carbocycles. The number of benzene rings is 1. The molecule has 0 bridgehead atoms. The number of hydrogen-bond acceptors (Lipinski definition) is 6. The summed E-state index contributed by atoms with van der Waals surface area (Å²) in [5.41, 5.74) is 4.68. The highest BCUT2D eigenvalue weighted by Gasteiger charge is 2.22. The van der Waals surface area contributed by atoms with Crippen LogP contribution < -0.4 is 10.6 Å². The highest BCUT2D eigenvalue weighted by atomic mass is 16.5. The highest BCUT2D eigenvalue weighted by molar-refractivity contribution is 5.96. The number of aromatic nitrogens is 3. The first-order valence-electron chi connectivity index (χ1n) is 11.2. The topological polar surface area (TPSA) is 98.1 Å². The van der Waals surface area contributed by atoms with E-state index in [0.29, 0.717) is 23.7 Å². The molecule has 1 saturated heterocycles. The highest BCUT2D eigenvalue weighted by Crippen LogP contribution is 2.31. The predicted octanol–water partition coefficient (Wildman–Crippen LogP) is 3.35. The van der Waals surface area contributed by atoms with Crippen molar-refractivity contribution in [1.29, 1.82) is 0 Å². The Balaban J connectivity index is 1.68. The van der Waals surface area contributed by atoms with Crippen molar-refractivity contribution in [2.45, 2.75) is 52.2 Å². The first-order chi connectivity index (χ1) is 15.6. The number of nitrogens with one attached hydrogen (secondary N) is 2. The zero-order valence-corrected chi connectivity index (χ0v) is 18.6. The second-order valence-electron chi connectivity index (χ2n) is 7.92. The van der Waals surface area contributed by atoms with Gasteiger partial charge in [0.15, 0.2) is 5.65 Å². The number of anilines is 1. The summed E-state index contributed by atoms with van der Waals surface area (Å²) >= 11 is 0. The van der Waals surface area contributed by atoms with Gasteiger partial charge in [-0.15, -0.1) is 0 Å². The molecular weight excluding hydrogens is 406 g/mol. The van der Waals surface area contributed by atoms with Crippen LogP contribution in [-0.4, -0.2) is 46.2 Å². The molecule has 8 heteroatoms. The van der Waals surface area contributed by atoms with Crippen LogP contribution >= 0.6 is 0 Å². The third-order valence-corrected chi connectivity index (χ3v) is 5.89. The van der Waals surface area contributed by atoms with Crippen LogP contribution in [-0.2, 0) is 24.2 Å². The summed E-state index contributed by atoms with van der Waals surface area (Å²) in [5.74, 6) is -0.225. The number of fused-ring (bicyclic) bond motifs is 1. The number of amides is 1. The van der Waals surface area contributed by atoms with Gasteiger partial charge in [-0.25, -0.2) is 9.67 Å². The maximum Gasteiger partial charge on any atom is 0.251 e. The van der Waals surface area contributed by atoms with Gasteiger partial charge in [-0.1, -0.05) is 19.1 Å². The van der Waals surface area contributed by atoms with Gasteiger partial charge < -0.3 is 15.4 Å². The van der Waals surface area contributed by atoms with E-state index in [2.05, 4.69) is 22.7 Å². The summed E-state index contributed by atoms with van der Waals surface area (Å²) in [4.78, 5) is 28.8. The lowest BCUT2D eigenvalue weighted by Gasteiger charge is -2.26. The Morgan fingerprint density at radius 3 is 2.81 bits per heavy atom. The number of aryl methyl sites for hydroxylation is 2. The minimum absolute atomic E-state index is 0.225. The molecule has 1 aliphatic heterocycles. The molecule has 1 aliphatic rings. The van der Waals surface area contributed by atoms with Gasteiger partial charge in [-0.2, -0.15) is 5.10 Å². The molecular formula is C24H29N5O3. The Bertz CT molecular complexity index is 1120. The van der Waals surface area contributed by atoms with Crippen molar-refractivity contribution < 1.29 is 14.3 Å². The van der Waals surface area contributed by atoms with Gasteiger partial charge in [0.25, 0.3) is 5.91 Å². The summed E-state index contributed by atoms with van der Waals surface area (Å²) < 4.78 is 7.42. The molecule has 8 nitrogen and oxygen atoms in total. The lowest BCUT2D eigenvalue weighted by atomic mass is 10.0. The number of pyridine rings is 1. The number of carbonyl (C=O) groups excluding carboxylic acids is 2. The van der Waals surface area contributed by atoms with E-state index < -0.39 is 0 Å². The predicted molar refractivity (Wildman–Crippen MR) is 123 cm³/mol. The van der Waals surface area contributed by atoms with E-state index in [1.54, 1.807) is 24.3 Å². The molecule has 0 saturated carbocycles. The lowest BCUT2D eigenvalue weighted by molar-refractivity contribution is 0.0904. The van der Waals surface area contributed by atoms with Crippen LogP contribution in [0.25, 0.3) is 11.0 Å². The average molecular weight is 436 g/mol. The van der Waals surface area contributed by atoms with E-state index in [1.807, 2.05) is 17.8 Å². The van der Waals surface area contributed by atoms with Crippen molar-refractivity contribution in [2.75, 3.05) is 18.5 Å². The first-order valence-corrected chi connectivity index (χ1v) is 11.2. The minimum Gasteiger partial charge on any atom is -0.381 e. The van der Waals surface area contributed by atoms with E-state index in [0.717, 1.165) is 73.3 Å². The summed E-state index contributed by atoms with van der Waals surface area (Å²) in [6.45, 7) is 6.66. The van der Waals surface area contributed by atoms with Gasteiger partial charge in [0, 0.05) is 54.7 Å². The molecule has 3 heterocycles. The van der Waals surface area contributed by atoms with E-state index in [1.165, 1.54) is 0 Å². The fraction of sp³-hybridized carbons (Fsp3) is 0.417. The average Bonchev–Trinajstić information content (AvgIpc) is 3.26. The van der Waals surface area contributed by atoms with Crippen molar-refractivity contribution in [1.82, 2.24) is 20.1 Å². The Morgan fingerprint density at radius 2 is 2.09 bits per heavy atom. The second kappa shape index (κ2) is 9.91. The molecule has 0 aliphatic carbocycles. The van der Waals surface area contributed by atoms with Gasteiger partial charge in [0.2, 0.25) is 0 Å². The van der Waals surface area contributed by atoms with Crippen LogP contribution in [0.1, 0.15) is 58.7 Å². The van der Waals surface area contributed by atoms with Gasteiger partial charge in [0.05, 0.1) is 17.3 Å². The third-order valence-electron chi connectivity index (χ3n) is 5.89. The molecule has 3 aromatic rings. The molecule has 32 heavy (non-hydrogen) atoms. The quantitative estimate of drug-likeness (QED) is 0.527. The molecule has 1 fully saturated rings. The van der Waals surface area contributed by atoms with Gasteiger partial charge in [-0.3, -0.25) is 9.59 Å². The maximum atomic E-state index is 12.8. The van der Waals surface area contributed by atoms with Crippen LogP contribution in [0.15, 0.2) is 30.5 Å². The number of rotatable bonds is 8. The van der Waals surface area contributed by atoms with Crippen molar-refractivity contribution in [3.05, 3.63) is 52.8 Å². The van der Waals surface area contributed by atoms with Gasteiger partial charge in [-0.05, 0) is 38.3 Å². The fourth-order valence-electron chi connectivity index (χ4n) is 4.12. The monoisotopic (exact) mass is 435 g/mol. The number of nitrogens with zero attached hydrogens (tertiary/aromatic N) is 3. The number of aldehydes is 1. The summed E-state index contributed by atoms with van der Waals surface area (Å²) in [5, 5.41) is 12.2. The molecule has 0 radical (unpaired) electrons. The fourth-order valence-corrected chi connectivity index (χ4v) is 4.12. The zero-order valence-electron chi connectivity index (χ0n) is 18.6. The Labute approximate surface area is 187 Å². The molecule has 0 atom stereocenters. The molecule has 2 N–H and O–H groups in total. The SMILES string of the molecule is CCc1nc2c(cnn2CC)c(NC2CCOCC2)c1CNC(=O)c1cccc(C=O)c1. The largest absolute Gasteiger partial charge is 0.381 e. The Morgan fingerprint density at radius 1 is 1.28 bits per heavy atom. The molecule has 1 amide bonds. The third kappa shape index (κ3) is 4.50. The van der Waals surface area contributed by atoms with Gasteiger partial charge >= 0.3 is 0 Å². The van der Waals surface area contributed by atoms with Crippen LogP contribution in [0.3, 0.4) is 0 Å². The summed E-state index contributed by atoms with van der Waals surface area (Å²) in [6.07, 6.45) is 5.19. The van der Waals surface area contributed by atoms with Crippen molar-refractivity contribution in [3.8, 4) is 0 Å². The standard InChI is InChI=1S/C24H29N5O3/c1-3-21-19(13-25-24(31)17-7-5-6-16(12-17)15-30)22(27-18-8-10-32-11-9-18)20-14-26-29(4-2)23(20)28-21/h5-7,12,14-15,18H,3-4,8-11,13H2,1-2H3,(H,25,31)(H,27,28). The summed E-state index contributed by atoms with van der Waals surface area (Å²) in [6, 6.07) is 6.98. The van der Waals surface area contributed by atoms with Crippen molar-refractivity contribution >= 4 is 28.9 Å². The number of hydrogen-bond donors (Lipinski definition) is 2.